The Kier molecular flexibility index (Phi) is 7.90. The fourth-order valence-electron chi connectivity index (χ4n) is 3.56. The highest BCUT2D eigenvalue weighted by molar-refractivity contribution is 7.07. The van der Waals surface area contributed by atoms with Crippen LogP contribution >= 0.6 is 11.3 Å². The third-order valence-corrected chi connectivity index (χ3v) is 6.13. The summed E-state index contributed by atoms with van der Waals surface area (Å²) in [5.74, 6) is 0.672. The average molecular weight is 513 g/mol. The second kappa shape index (κ2) is 11.3. The Bertz CT molecular complexity index is 1280. The Balaban J connectivity index is 1.59. The molecule has 36 heavy (non-hydrogen) atoms. The van der Waals surface area contributed by atoms with E-state index in [-0.39, 0.29) is 18.7 Å². The van der Waals surface area contributed by atoms with Gasteiger partial charge in [0.25, 0.3) is 5.91 Å². The van der Waals surface area contributed by atoms with Gasteiger partial charge >= 0.3 is 6.18 Å². The Morgan fingerprint density at radius 2 is 1.78 bits per heavy atom. The van der Waals surface area contributed by atoms with E-state index in [1.807, 2.05) is 29.0 Å². The molecule has 186 valence electrons. The number of ether oxygens (including phenoxy) is 2. The van der Waals surface area contributed by atoms with Crippen molar-refractivity contribution in [2.75, 3.05) is 7.11 Å². The minimum absolute atomic E-state index is 0.154. The van der Waals surface area contributed by atoms with Crippen LogP contribution in [0.15, 0.2) is 83.7 Å². The van der Waals surface area contributed by atoms with E-state index >= 15 is 0 Å². The second-order valence-corrected chi connectivity index (χ2v) is 8.74. The summed E-state index contributed by atoms with van der Waals surface area (Å²) in [6, 6.07) is 16.9. The molecule has 0 spiro atoms. The molecular weight excluding hydrogens is 489 g/mol. The molecule has 0 saturated carbocycles. The number of hydrogen-bond acceptors (Lipinski definition) is 5. The number of benzene rings is 2. The first-order chi connectivity index (χ1) is 17.3. The van der Waals surface area contributed by atoms with E-state index in [1.54, 1.807) is 48.9 Å². The number of rotatable bonds is 9. The van der Waals surface area contributed by atoms with Crippen molar-refractivity contribution in [3.63, 3.8) is 0 Å². The van der Waals surface area contributed by atoms with Crippen LogP contribution in [0.5, 0.6) is 11.5 Å². The summed E-state index contributed by atoms with van der Waals surface area (Å²) in [5.41, 5.74) is 1.80. The van der Waals surface area contributed by atoms with Crippen molar-refractivity contribution >= 4 is 17.2 Å². The molecule has 2 heterocycles. The molecule has 2 aromatic heterocycles. The van der Waals surface area contributed by atoms with E-state index in [9.17, 15) is 18.0 Å². The van der Waals surface area contributed by atoms with E-state index in [0.717, 1.165) is 23.3 Å². The molecule has 9 heteroatoms. The standard InChI is InChI=1S/C27H23F3N2O3S/c1-34-24-10-5-19(14-25(24)35-17-20-11-13-36-18-20)15-32(16-23-4-2-3-12-31-23)26(33)21-6-8-22(9-7-21)27(28,29)30/h2-14,18H,15-17H2,1H3. The molecule has 0 aliphatic rings. The molecule has 0 N–H and O–H groups in total. The van der Waals surface area contributed by atoms with Gasteiger partial charge in [0, 0.05) is 18.3 Å². The maximum absolute atomic E-state index is 13.4. The molecule has 5 nitrogen and oxygen atoms in total. The summed E-state index contributed by atoms with van der Waals surface area (Å²) < 4.78 is 50.3. The van der Waals surface area contributed by atoms with E-state index in [2.05, 4.69) is 4.98 Å². The number of pyridine rings is 1. The first-order valence-electron chi connectivity index (χ1n) is 11.0. The van der Waals surface area contributed by atoms with Crippen molar-refractivity contribution in [1.82, 2.24) is 9.88 Å². The topological polar surface area (TPSA) is 51.7 Å². The number of hydrogen-bond donors (Lipinski definition) is 0. The highest BCUT2D eigenvalue weighted by atomic mass is 32.1. The van der Waals surface area contributed by atoms with Crippen molar-refractivity contribution in [3.8, 4) is 11.5 Å². The second-order valence-electron chi connectivity index (χ2n) is 7.96. The fourth-order valence-corrected chi connectivity index (χ4v) is 4.21. The molecule has 1 amide bonds. The zero-order chi connectivity index (χ0) is 25.5. The van der Waals surface area contributed by atoms with E-state index in [1.165, 1.54) is 17.0 Å². The van der Waals surface area contributed by atoms with Crippen LogP contribution in [0.25, 0.3) is 0 Å². The van der Waals surface area contributed by atoms with Crippen molar-refractivity contribution in [2.24, 2.45) is 0 Å². The van der Waals surface area contributed by atoms with Gasteiger partial charge in [-0.25, -0.2) is 0 Å². The monoisotopic (exact) mass is 512 g/mol. The van der Waals surface area contributed by atoms with Gasteiger partial charge in [0.15, 0.2) is 11.5 Å². The highest BCUT2D eigenvalue weighted by Crippen LogP contribution is 2.31. The quantitative estimate of drug-likeness (QED) is 0.254. The van der Waals surface area contributed by atoms with Crippen LogP contribution in [0.3, 0.4) is 0 Å². The number of halogens is 3. The van der Waals surface area contributed by atoms with Gasteiger partial charge < -0.3 is 14.4 Å². The van der Waals surface area contributed by atoms with Crippen LogP contribution in [-0.4, -0.2) is 22.9 Å². The van der Waals surface area contributed by atoms with Gasteiger partial charge in [0.1, 0.15) is 6.61 Å². The van der Waals surface area contributed by atoms with Crippen LogP contribution in [0.2, 0.25) is 0 Å². The lowest BCUT2D eigenvalue weighted by molar-refractivity contribution is -0.137. The van der Waals surface area contributed by atoms with Crippen LogP contribution in [0.4, 0.5) is 13.2 Å². The summed E-state index contributed by atoms with van der Waals surface area (Å²) in [5, 5.41) is 3.96. The number of thiophene rings is 1. The molecule has 0 saturated heterocycles. The number of carbonyl (C=O) groups is 1. The molecule has 0 fully saturated rings. The molecule has 4 rings (SSSR count). The molecule has 0 unspecified atom stereocenters. The third-order valence-electron chi connectivity index (χ3n) is 5.40. The smallest absolute Gasteiger partial charge is 0.416 e. The molecule has 0 aliphatic heterocycles. The Labute approximate surface area is 210 Å². The lowest BCUT2D eigenvalue weighted by Gasteiger charge is -2.23. The van der Waals surface area contributed by atoms with Gasteiger partial charge in [-0.15, -0.1) is 0 Å². The van der Waals surface area contributed by atoms with Crippen molar-refractivity contribution in [1.29, 1.82) is 0 Å². The van der Waals surface area contributed by atoms with E-state index in [4.69, 9.17) is 9.47 Å². The first kappa shape index (κ1) is 25.2. The zero-order valence-electron chi connectivity index (χ0n) is 19.4. The van der Waals surface area contributed by atoms with Gasteiger partial charge in [0.2, 0.25) is 0 Å². The number of amides is 1. The van der Waals surface area contributed by atoms with Crippen LogP contribution in [0, 0.1) is 0 Å². The van der Waals surface area contributed by atoms with Crippen LogP contribution < -0.4 is 9.47 Å². The Morgan fingerprint density at radius 1 is 0.972 bits per heavy atom. The van der Waals surface area contributed by atoms with Crippen molar-refractivity contribution in [3.05, 3.63) is 112 Å². The number of nitrogens with zero attached hydrogens (tertiary/aromatic N) is 2. The van der Waals surface area contributed by atoms with Gasteiger partial charge in [-0.1, -0.05) is 12.1 Å². The maximum Gasteiger partial charge on any atom is 0.416 e. The number of carbonyl (C=O) groups excluding carboxylic acids is 1. The van der Waals surface area contributed by atoms with Crippen LogP contribution in [0.1, 0.15) is 32.7 Å². The summed E-state index contributed by atoms with van der Waals surface area (Å²) in [6.45, 7) is 0.735. The molecule has 0 bridgehead atoms. The maximum atomic E-state index is 13.4. The van der Waals surface area contributed by atoms with E-state index in [0.29, 0.717) is 23.8 Å². The molecular formula is C27H23F3N2O3S. The minimum Gasteiger partial charge on any atom is -0.493 e. The highest BCUT2D eigenvalue weighted by Gasteiger charge is 2.30. The average Bonchev–Trinajstić information content (AvgIpc) is 3.41. The van der Waals surface area contributed by atoms with Gasteiger partial charge in [-0.3, -0.25) is 9.78 Å². The SMILES string of the molecule is COc1ccc(CN(Cc2ccccn2)C(=O)c2ccc(C(F)(F)F)cc2)cc1OCc1ccsc1. The Morgan fingerprint density at radius 3 is 2.42 bits per heavy atom. The minimum atomic E-state index is -4.47. The Hall–Kier alpha value is -3.85. The predicted octanol–water partition coefficient (Wildman–Crippen LogP) is 6.59. The number of alkyl halides is 3. The van der Waals surface area contributed by atoms with Crippen molar-refractivity contribution in [2.45, 2.75) is 25.9 Å². The summed E-state index contributed by atoms with van der Waals surface area (Å²) >= 11 is 1.58. The molecule has 2 aromatic carbocycles. The first-order valence-corrected chi connectivity index (χ1v) is 11.9. The normalized spacial score (nSPS) is 11.2. The summed E-state index contributed by atoms with van der Waals surface area (Å²) in [4.78, 5) is 19.2. The summed E-state index contributed by atoms with van der Waals surface area (Å²) in [7, 11) is 1.55. The molecule has 0 radical (unpaired) electrons. The molecule has 0 atom stereocenters. The largest absolute Gasteiger partial charge is 0.493 e. The molecule has 4 aromatic rings. The predicted molar refractivity (Wildman–Crippen MR) is 131 cm³/mol. The van der Waals surface area contributed by atoms with E-state index < -0.39 is 17.6 Å². The van der Waals surface area contributed by atoms with Gasteiger partial charge in [-0.2, -0.15) is 24.5 Å². The zero-order valence-corrected chi connectivity index (χ0v) is 20.2. The number of aromatic nitrogens is 1. The summed E-state index contributed by atoms with van der Waals surface area (Å²) in [6.07, 6.45) is -2.85. The molecule has 0 aliphatic carbocycles. The van der Waals surface area contributed by atoms with Crippen LogP contribution in [-0.2, 0) is 25.9 Å². The fraction of sp³-hybridized carbons (Fsp3) is 0.185. The lowest BCUT2D eigenvalue weighted by atomic mass is 10.1. The number of methoxy groups -OCH3 is 1. The van der Waals surface area contributed by atoms with Crippen molar-refractivity contribution < 1.29 is 27.4 Å². The van der Waals surface area contributed by atoms with Gasteiger partial charge in [0.05, 0.1) is 24.9 Å². The van der Waals surface area contributed by atoms with Gasteiger partial charge in [-0.05, 0) is 76.5 Å². The third kappa shape index (κ3) is 6.42. The lowest BCUT2D eigenvalue weighted by Crippen LogP contribution is -2.30.